The van der Waals surface area contributed by atoms with Gasteiger partial charge in [-0.2, -0.15) is 0 Å². The van der Waals surface area contributed by atoms with E-state index in [0.29, 0.717) is 17.7 Å². The van der Waals surface area contributed by atoms with Crippen molar-refractivity contribution in [3.63, 3.8) is 0 Å². The van der Waals surface area contributed by atoms with Gasteiger partial charge in [0.05, 0.1) is 0 Å². The van der Waals surface area contributed by atoms with Crippen LogP contribution in [0.25, 0.3) is 0 Å². The third-order valence-corrected chi connectivity index (χ3v) is 6.54. The smallest absolute Gasteiger partial charge is 0.0297 e. The van der Waals surface area contributed by atoms with Gasteiger partial charge in [0.15, 0.2) is 0 Å². The van der Waals surface area contributed by atoms with E-state index in [1.54, 1.807) is 11.1 Å². The standard InChI is InChI=1S/C18H24Cl2/c19-12-18(13-20,17-6-1-2-7-17)11-14-8-9-15-4-3-5-16(15)10-14/h8-10,17H,1-7,11-13H2. The van der Waals surface area contributed by atoms with Crippen LogP contribution in [0.4, 0.5) is 0 Å². The second-order valence-electron chi connectivity index (χ2n) is 6.74. The lowest BCUT2D eigenvalue weighted by Gasteiger charge is -2.36. The summed E-state index contributed by atoms with van der Waals surface area (Å²) in [6.45, 7) is 0. The molecule has 0 nitrogen and oxygen atoms in total. The summed E-state index contributed by atoms with van der Waals surface area (Å²) in [5, 5.41) is 0. The van der Waals surface area contributed by atoms with Gasteiger partial charge in [0.25, 0.3) is 0 Å². The number of halogens is 2. The summed E-state index contributed by atoms with van der Waals surface area (Å²) in [6, 6.07) is 7.07. The molecule has 0 radical (unpaired) electrons. The molecule has 0 aliphatic heterocycles. The summed E-state index contributed by atoms with van der Waals surface area (Å²) in [5.41, 5.74) is 4.66. The first-order valence-electron chi connectivity index (χ1n) is 8.00. The van der Waals surface area contributed by atoms with Crippen molar-refractivity contribution in [2.45, 2.75) is 51.4 Å². The van der Waals surface area contributed by atoms with Crippen molar-refractivity contribution in [3.8, 4) is 0 Å². The lowest BCUT2D eigenvalue weighted by molar-refractivity contribution is 0.225. The van der Waals surface area contributed by atoms with Crippen molar-refractivity contribution in [1.82, 2.24) is 0 Å². The molecule has 110 valence electrons. The molecule has 0 spiro atoms. The zero-order valence-corrected chi connectivity index (χ0v) is 13.6. The van der Waals surface area contributed by atoms with Gasteiger partial charge in [-0.3, -0.25) is 0 Å². The molecule has 0 N–H and O–H groups in total. The quantitative estimate of drug-likeness (QED) is 0.641. The zero-order valence-electron chi connectivity index (χ0n) is 12.1. The third kappa shape index (κ3) is 2.74. The number of hydrogen-bond donors (Lipinski definition) is 0. The number of aryl methyl sites for hydroxylation is 2. The lowest BCUT2D eigenvalue weighted by Crippen LogP contribution is -2.35. The first-order valence-corrected chi connectivity index (χ1v) is 9.07. The zero-order chi connectivity index (χ0) is 14.0. The summed E-state index contributed by atoms with van der Waals surface area (Å²) >= 11 is 12.8. The van der Waals surface area contributed by atoms with E-state index in [0.717, 1.165) is 6.42 Å². The fourth-order valence-corrected chi connectivity index (χ4v) is 5.08. The molecule has 0 saturated heterocycles. The highest BCUT2D eigenvalue weighted by Crippen LogP contribution is 2.44. The Labute approximate surface area is 132 Å². The van der Waals surface area contributed by atoms with Crippen molar-refractivity contribution in [2.75, 3.05) is 11.8 Å². The fraction of sp³-hybridized carbons (Fsp3) is 0.667. The van der Waals surface area contributed by atoms with Crippen molar-refractivity contribution in [2.24, 2.45) is 11.3 Å². The molecule has 1 aromatic carbocycles. The molecule has 2 aliphatic rings. The largest absolute Gasteiger partial charge is 0.126 e. The molecule has 1 fully saturated rings. The minimum Gasteiger partial charge on any atom is -0.126 e. The highest BCUT2D eigenvalue weighted by Gasteiger charge is 2.39. The van der Waals surface area contributed by atoms with Gasteiger partial charge < -0.3 is 0 Å². The number of benzene rings is 1. The number of hydrogen-bond acceptors (Lipinski definition) is 0. The molecule has 0 atom stereocenters. The number of alkyl halides is 2. The van der Waals surface area contributed by atoms with Crippen molar-refractivity contribution < 1.29 is 0 Å². The Morgan fingerprint density at radius 2 is 1.65 bits per heavy atom. The Balaban J connectivity index is 1.82. The average molecular weight is 311 g/mol. The fourth-order valence-electron chi connectivity index (χ4n) is 4.17. The Bertz CT molecular complexity index is 456. The Kier molecular flexibility index (Phi) is 4.62. The molecule has 0 aromatic heterocycles. The third-order valence-electron chi connectivity index (χ3n) is 5.47. The molecule has 2 heteroatoms. The average Bonchev–Trinajstić information content (AvgIpc) is 3.15. The van der Waals surface area contributed by atoms with Crippen molar-refractivity contribution >= 4 is 23.2 Å². The second kappa shape index (κ2) is 6.28. The summed E-state index contributed by atoms with van der Waals surface area (Å²) in [4.78, 5) is 0. The molecule has 1 aromatic rings. The summed E-state index contributed by atoms with van der Waals surface area (Å²) in [5.74, 6) is 2.10. The van der Waals surface area contributed by atoms with Crippen molar-refractivity contribution in [3.05, 3.63) is 34.9 Å². The topological polar surface area (TPSA) is 0 Å². The van der Waals surface area contributed by atoms with Crippen LogP contribution >= 0.6 is 23.2 Å². The Morgan fingerprint density at radius 1 is 0.950 bits per heavy atom. The van der Waals surface area contributed by atoms with Crippen LogP contribution in [0.2, 0.25) is 0 Å². The second-order valence-corrected chi connectivity index (χ2v) is 7.28. The maximum atomic E-state index is 6.39. The van der Waals surface area contributed by atoms with E-state index in [-0.39, 0.29) is 5.41 Å². The van der Waals surface area contributed by atoms with Crippen LogP contribution in [0, 0.1) is 11.3 Å². The van der Waals surface area contributed by atoms with Crippen LogP contribution < -0.4 is 0 Å². The predicted molar refractivity (Wildman–Crippen MR) is 88.0 cm³/mol. The monoisotopic (exact) mass is 310 g/mol. The van der Waals surface area contributed by atoms with Crippen LogP contribution in [-0.4, -0.2) is 11.8 Å². The maximum absolute atomic E-state index is 6.39. The van der Waals surface area contributed by atoms with Crippen LogP contribution in [0.1, 0.15) is 48.8 Å². The van der Waals surface area contributed by atoms with Gasteiger partial charge in [-0.25, -0.2) is 0 Å². The van der Waals surface area contributed by atoms with Gasteiger partial charge in [0.2, 0.25) is 0 Å². The van der Waals surface area contributed by atoms with Gasteiger partial charge in [0, 0.05) is 17.2 Å². The van der Waals surface area contributed by atoms with Gasteiger partial charge in [-0.1, -0.05) is 31.0 Å². The van der Waals surface area contributed by atoms with Gasteiger partial charge >= 0.3 is 0 Å². The van der Waals surface area contributed by atoms with Gasteiger partial charge in [0.1, 0.15) is 0 Å². The Hall–Kier alpha value is -0.200. The molecule has 0 heterocycles. The highest BCUT2D eigenvalue weighted by molar-refractivity contribution is 6.21. The van der Waals surface area contributed by atoms with Crippen LogP contribution in [0.3, 0.4) is 0 Å². The van der Waals surface area contributed by atoms with E-state index < -0.39 is 0 Å². The molecule has 3 rings (SSSR count). The number of fused-ring (bicyclic) bond motifs is 1. The summed E-state index contributed by atoms with van der Waals surface area (Å²) in [6.07, 6.45) is 10.2. The molecule has 0 bridgehead atoms. The minimum atomic E-state index is 0.104. The molecule has 20 heavy (non-hydrogen) atoms. The van der Waals surface area contributed by atoms with Crippen LogP contribution in [-0.2, 0) is 19.3 Å². The van der Waals surface area contributed by atoms with Gasteiger partial charge in [-0.15, -0.1) is 23.2 Å². The van der Waals surface area contributed by atoms with E-state index >= 15 is 0 Å². The molecule has 0 amide bonds. The predicted octanol–water partition coefficient (Wildman–Crippen LogP) is 5.37. The minimum absolute atomic E-state index is 0.104. The molecule has 0 unspecified atom stereocenters. The first kappa shape index (κ1) is 14.7. The van der Waals surface area contributed by atoms with Crippen LogP contribution in [0.5, 0.6) is 0 Å². The van der Waals surface area contributed by atoms with Gasteiger partial charge in [-0.05, 0) is 61.1 Å². The summed E-state index contributed by atoms with van der Waals surface area (Å²) < 4.78 is 0. The maximum Gasteiger partial charge on any atom is 0.0297 e. The molecule has 2 aliphatic carbocycles. The first-order chi connectivity index (χ1) is 9.77. The van der Waals surface area contributed by atoms with Crippen LogP contribution in [0.15, 0.2) is 18.2 Å². The van der Waals surface area contributed by atoms with E-state index in [9.17, 15) is 0 Å². The molecule has 1 saturated carbocycles. The molecular weight excluding hydrogens is 287 g/mol. The Morgan fingerprint density at radius 3 is 2.35 bits per heavy atom. The molecular formula is C18H24Cl2. The van der Waals surface area contributed by atoms with E-state index in [4.69, 9.17) is 23.2 Å². The SMILES string of the molecule is ClCC(CCl)(Cc1ccc2c(c1)CCC2)C1CCCC1. The lowest BCUT2D eigenvalue weighted by atomic mass is 9.73. The van der Waals surface area contributed by atoms with Crippen molar-refractivity contribution in [1.29, 1.82) is 0 Å². The number of rotatable bonds is 5. The summed E-state index contributed by atoms with van der Waals surface area (Å²) in [7, 11) is 0. The normalized spacial score (nSPS) is 19.5. The van der Waals surface area contributed by atoms with E-state index in [1.165, 1.54) is 50.5 Å². The van der Waals surface area contributed by atoms with E-state index in [2.05, 4.69) is 18.2 Å². The van der Waals surface area contributed by atoms with E-state index in [1.807, 2.05) is 0 Å². The highest BCUT2D eigenvalue weighted by atomic mass is 35.5.